The molecule has 0 aromatic heterocycles. The molecule has 0 saturated carbocycles. The lowest BCUT2D eigenvalue weighted by atomic mass is 9.70. The van der Waals surface area contributed by atoms with Crippen LogP contribution in [0, 0.1) is 0 Å². The third kappa shape index (κ3) is 2.83. The van der Waals surface area contributed by atoms with Crippen LogP contribution < -0.4 is 0 Å². The number of rotatable bonds is 6. The average Bonchev–Trinajstić information content (AvgIpc) is 3.51. The van der Waals surface area contributed by atoms with Crippen molar-refractivity contribution in [3.8, 4) is 0 Å². The molecule has 7 heteroatoms. The van der Waals surface area contributed by atoms with Gasteiger partial charge in [-0.2, -0.15) is 0 Å². The van der Waals surface area contributed by atoms with Crippen molar-refractivity contribution >= 4 is 0 Å². The highest BCUT2D eigenvalue weighted by atomic mass is 16.7. The molecule has 4 rings (SSSR count). The Morgan fingerprint density at radius 3 is 1.38 bits per heavy atom. The second kappa shape index (κ2) is 5.95. The standard InChI is InChI=1S/C22H30O7/c1-17(2,21(13-27-21)19(25)9-5-15(23)6-10-19)29-18(3,4)22(14-28-22)20(26)11-7-16(24)8-12-20/h5-9,11,23-26H,10,12-14H2,1-4H3. The quantitative estimate of drug-likeness (QED) is 0.501. The van der Waals surface area contributed by atoms with Crippen LogP contribution in [0.5, 0.6) is 0 Å². The van der Waals surface area contributed by atoms with Crippen molar-refractivity contribution in [2.24, 2.45) is 0 Å². The number of epoxide rings is 2. The Morgan fingerprint density at radius 2 is 1.14 bits per heavy atom. The molecule has 2 aliphatic carbocycles. The van der Waals surface area contributed by atoms with Crippen molar-refractivity contribution in [3.63, 3.8) is 0 Å². The van der Waals surface area contributed by atoms with Gasteiger partial charge in [0.25, 0.3) is 0 Å². The molecule has 160 valence electrons. The zero-order valence-corrected chi connectivity index (χ0v) is 17.3. The molecule has 0 spiro atoms. The largest absolute Gasteiger partial charge is 0.508 e. The van der Waals surface area contributed by atoms with Gasteiger partial charge in [-0.05, 0) is 64.2 Å². The van der Waals surface area contributed by atoms with E-state index in [1.54, 1.807) is 24.3 Å². The van der Waals surface area contributed by atoms with Crippen LogP contribution in [0.15, 0.2) is 48.0 Å². The molecule has 4 N–H and O–H groups in total. The van der Waals surface area contributed by atoms with Crippen LogP contribution in [-0.4, -0.2) is 67.2 Å². The first kappa shape index (κ1) is 20.6. The first-order valence-electron chi connectivity index (χ1n) is 9.92. The minimum Gasteiger partial charge on any atom is -0.508 e. The number of ether oxygens (including phenoxy) is 3. The number of aliphatic hydroxyl groups excluding tert-OH is 2. The number of hydrogen-bond acceptors (Lipinski definition) is 7. The second-order valence-electron chi connectivity index (χ2n) is 9.54. The lowest BCUT2D eigenvalue weighted by Crippen LogP contribution is -2.65. The molecule has 2 heterocycles. The Bertz CT molecular complexity index is 758. The molecule has 0 amide bonds. The van der Waals surface area contributed by atoms with E-state index in [2.05, 4.69) is 0 Å². The van der Waals surface area contributed by atoms with Crippen LogP contribution in [0.4, 0.5) is 0 Å². The molecule has 0 radical (unpaired) electrons. The van der Waals surface area contributed by atoms with Gasteiger partial charge in [0.1, 0.15) is 22.7 Å². The van der Waals surface area contributed by atoms with Gasteiger partial charge in [0.05, 0.1) is 24.4 Å². The summed E-state index contributed by atoms with van der Waals surface area (Å²) < 4.78 is 18.2. The predicted octanol–water partition coefficient (Wildman–Crippen LogP) is 2.36. The Kier molecular flexibility index (Phi) is 4.23. The molecule has 7 nitrogen and oxygen atoms in total. The van der Waals surface area contributed by atoms with Gasteiger partial charge in [-0.15, -0.1) is 0 Å². The van der Waals surface area contributed by atoms with E-state index in [0.29, 0.717) is 13.2 Å². The molecule has 29 heavy (non-hydrogen) atoms. The van der Waals surface area contributed by atoms with E-state index in [0.717, 1.165) is 0 Å². The Hall–Kier alpha value is -1.64. The third-order valence-electron chi connectivity index (χ3n) is 7.02. The maximum absolute atomic E-state index is 11.3. The zero-order chi connectivity index (χ0) is 21.3. The van der Waals surface area contributed by atoms with Crippen molar-refractivity contribution in [2.45, 2.75) is 74.1 Å². The first-order chi connectivity index (χ1) is 13.3. The maximum Gasteiger partial charge on any atom is 0.152 e. The molecule has 2 aliphatic heterocycles. The van der Waals surface area contributed by atoms with Gasteiger partial charge < -0.3 is 34.6 Å². The smallest absolute Gasteiger partial charge is 0.152 e. The minimum absolute atomic E-state index is 0.109. The summed E-state index contributed by atoms with van der Waals surface area (Å²) in [5.41, 5.74) is -6.53. The van der Waals surface area contributed by atoms with Crippen LogP contribution >= 0.6 is 0 Å². The zero-order valence-electron chi connectivity index (χ0n) is 17.3. The van der Waals surface area contributed by atoms with Crippen LogP contribution in [0.3, 0.4) is 0 Å². The highest BCUT2D eigenvalue weighted by molar-refractivity contribution is 5.35. The summed E-state index contributed by atoms with van der Waals surface area (Å²) in [6, 6.07) is 0. The van der Waals surface area contributed by atoms with Crippen molar-refractivity contribution in [3.05, 3.63) is 48.0 Å². The highest BCUT2D eigenvalue weighted by Gasteiger charge is 2.74. The van der Waals surface area contributed by atoms with Crippen LogP contribution in [0.2, 0.25) is 0 Å². The number of aliphatic hydroxyl groups is 4. The molecular formula is C22H30O7. The summed E-state index contributed by atoms with van der Waals surface area (Å²) in [4.78, 5) is 0. The first-order valence-corrected chi connectivity index (χ1v) is 9.92. The Labute approximate surface area is 170 Å². The van der Waals surface area contributed by atoms with Gasteiger partial charge in [-0.3, -0.25) is 0 Å². The molecule has 4 aliphatic rings. The normalized spacial score (nSPS) is 41.7. The van der Waals surface area contributed by atoms with Crippen molar-refractivity contribution in [1.29, 1.82) is 0 Å². The van der Waals surface area contributed by atoms with Crippen molar-refractivity contribution in [2.75, 3.05) is 13.2 Å². The molecule has 0 bridgehead atoms. The van der Waals surface area contributed by atoms with Crippen LogP contribution in [0.25, 0.3) is 0 Å². The van der Waals surface area contributed by atoms with Gasteiger partial charge in [-0.1, -0.05) is 0 Å². The van der Waals surface area contributed by atoms with Gasteiger partial charge >= 0.3 is 0 Å². The minimum atomic E-state index is -1.33. The Morgan fingerprint density at radius 1 is 0.793 bits per heavy atom. The molecule has 4 unspecified atom stereocenters. The molecule has 2 fully saturated rings. The fourth-order valence-corrected chi connectivity index (χ4v) is 5.02. The van der Waals surface area contributed by atoms with Gasteiger partial charge in [-0.25, -0.2) is 0 Å². The summed E-state index contributed by atoms with van der Waals surface area (Å²) in [5, 5.41) is 41.8. The van der Waals surface area contributed by atoms with Crippen LogP contribution in [-0.2, 0) is 14.2 Å². The topological polar surface area (TPSA) is 115 Å². The van der Waals surface area contributed by atoms with E-state index in [1.165, 1.54) is 12.2 Å². The van der Waals surface area contributed by atoms with Gasteiger partial charge in [0.15, 0.2) is 11.2 Å². The summed E-state index contributed by atoms with van der Waals surface area (Å²) in [7, 11) is 0. The molecule has 2 saturated heterocycles. The van der Waals surface area contributed by atoms with E-state index >= 15 is 0 Å². The SMILES string of the molecule is CC(C)(OC(C)(C)C1(C2(O)C=CC(O)=CC2)CO1)C1(C2(O)C=CC(O)=CC2)CO1. The van der Waals surface area contributed by atoms with Crippen LogP contribution in [0.1, 0.15) is 40.5 Å². The third-order valence-corrected chi connectivity index (χ3v) is 7.02. The van der Waals surface area contributed by atoms with Crippen molar-refractivity contribution in [1.82, 2.24) is 0 Å². The van der Waals surface area contributed by atoms with E-state index in [9.17, 15) is 20.4 Å². The van der Waals surface area contributed by atoms with Gasteiger partial charge in [0, 0.05) is 12.8 Å². The van der Waals surface area contributed by atoms with E-state index in [4.69, 9.17) is 14.2 Å². The van der Waals surface area contributed by atoms with Crippen molar-refractivity contribution < 1.29 is 34.6 Å². The molecular weight excluding hydrogens is 376 g/mol. The maximum atomic E-state index is 11.3. The lowest BCUT2D eigenvalue weighted by molar-refractivity contribution is -0.227. The summed E-state index contributed by atoms with van der Waals surface area (Å²) >= 11 is 0. The summed E-state index contributed by atoms with van der Waals surface area (Å²) in [6.07, 6.45) is 9.59. The Balaban J connectivity index is 1.60. The second-order valence-corrected chi connectivity index (χ2v) is 9.54. The predicted molar refractivity (Wildman–Crippen MR) is 105 cm³/mol. The fourth-order valence-electron chi connectivity index (χ4n) is 5.02. The molecule has 4 atom stereocenters. The molecule has 0 aromatic carbocycles. The molecule has 0 aromatic rings. The summed E-state index contributed by atoms with van der Waals surface area (Å²) in [6.45, 7) is 8.03. The van der Waals surface area contributed by atoms with Gasteiger partial charge in [0.2, 0.25) is 0 Å². The monoisotopic (exact) mass is 406 g/mol. The lowest BCUT2D eigenvalue weighted by Gasteiger charge is -2.49. The van der Waals surface area contributed by atoms with E-state index < -0.39 is 33.6 Å². The highest BCUT2D eigenvalue weighted by Crippen LogP contribution is 2.57. The van der Waals surface area contributed by atoms with E-state index in [1.807, 2.05) is 27.7 Å². The average molecular weight is 406 g/mol. The summed E-state index contributed by atoms with van der Waals surface area (Å²) in [5.74, 6) is 0.218. The number of hydrogen-bond donors (Lipinski definition) is 4. The number of allylic oxidation sites excluding steroid dienone is 2. The van der Waals surface area contributed by atoms with E-state index in [-0.39, 0.29) is 24.4 Å². The fraction of sp³-hybridized carbons (Fsp3) is 0.636.